The van der Waals surface area contributed by atoms with E-state index in [-0.39, 0.29) is 16.9 Å². The minimum atomic E-state index is -0.257. The van der Waals surface area contributed by atoms with E-state index in [0.29, 0.717) is 11.5 Å². The molecule has 0 aromatic carbocycles. The van der Waals surface area contributed by atoms with Gasteiger partial charge in [-0.1, -0.05) is 26.8 Å². The lowest BCUT2D eigenvalue weighted by Gasteiger charge is -2.33. The minimum absolute atomic E-state index is 0.133. The van der Waals surface area contributed by atoms with Gasteiger partial charge in [0.2, 0.25) is 0 Å². The van der Waals surface area contributed by atoms with Crippen LogP contribution in [0.2, 0.25) is 0 Å². The van der Waals surface area contributed by atoms with Crippen molar-refractivity contribution in [2.45, 2.75) is 46.6 Å². The standard InChI is InChI=1S/C15H25N3O/c1-14(2,3)10-15(4,5)18-13(19)11-8-7-9-12(16-6)17-11/h7-9H,10H2,1-6H3,(H,16,17)(H,18,19). The molecule has 1 aromatic heterocycles. The number of rotatable bonds is 4. The molecule has 0 saturated heterocycles. The number of anilines is 1. The van der Waals surface area contributed by atoms with E-state index in [9.17, 15) is 4.79 Å². The molecule has 4 nitrogen and oxygen atoms in total. The van der Waals surface area contributed by atoms with Gasteiger partial charge in [-0.05, 0) is 37.8 Å². The Labute approximate surface area is 116 Å². The van der Waals surface area contributed by atoms with Crippen molar-refractivity contribution < 1.29 is 4.79 Å². The molecule has 0 aliphatic rings. The van der Waals surface area contributed by atoms with Crippen molar-refractivity contribution in [3.8, 4) is 0 Å². The van der Waals surface area contributed by atoms with Crippen molar-refractivity contribution >= 4 is 11.7 Å². The molecule has 0 radical (unpaired) electrons. The van der Waals surface area contributed by atoms with Crippen molar-refractivity contribution in [1.82, 2.24) is 10.3 Å². The third kappa shape index (κ3) is 5.28. The van der Waals surface area contributed by atoms with Gasteiger partial charge in [-0.3, -0.25) is 4.79 Å². The van der Waals surface area contributed by atoms with Crippen LogP contribution in [0.25, 0.3) is 0 Å². The molecular weight excluding hydrogens is 238 g/mol. The van der Waals surface area contributed by atoms with Crippen LogP contribution in [0, 0.1) is 5.41 Å². The first-order chi connectivity index (χ1) is 8.63. The first kappa shape index (κ1) is 15.5. The third-order valence-electron chi connectivity index (χ3n) is 2.66. The van der Waals surface area contributed by atoms with Gasteiger partial charge in [0.15, 0.2) is 0 Å². The number of carbonyl (C=O) groups is 1. The molecule has 1 aromatic rings. The van der Waals surface area contributed by atoms with Crippen LogP contribution < -0.4 is 10.6 Å². The quantitative estimate of drug-likeness (QED) is 0.877. The minimum Gasteiger partial charge on any atom is -0.373 e. The number of hydrogen-bond donors (Lipinski definition) is 2. The topological polar surface area (TPSA) is 54.0 Å². The Morgan fingerprint density at radius 3 is 2.37 bits per heavy atom. The zero-order chi connectivity index (χ0) is 14.7. The van der Waals surface area contributed by atoms with Gasteiger partial charge in [0.05, 0.1) is 0 Å². The third-order valence-corrected chi connectivity index (χ3v) is 2.66. The molecule has 0 aliphatic carbocycles. The van der Waals surface area contributed by atoms with Crippen molar-refractivity contribution in [3.63, 3.8) is 0 Å². The Kier molecular flexibility index (Phi) is 4.56. The maximum absolute atomic E-state index is 12.2. The average molecular weight is 263 g/mol. The molecule has 4 heteroatoms. The average Bonchev–Trinajstić information content (AvgIpc) is 2.25. The molecule has 0 unspecified atom stereocenters. The number of nitrogens with one attached hydrogen (secondary N) is 2. The smallest absolute Gasteiger partial charge is 0.270 e. The van der Waals surface area contributed by atoms with Crippen LogP contribution in [0.4, 0.5) is 5.82 Å². The molecule has 0 fully saturated rings. The molecule has 0 spiro atoms. The zero-order valence-corrected chi connectivity index (χ0v) is 12.8. The van der Waals surface area contributed by atoms with Crippen LogP contribution in [0.5, 0.6) is 0 Å². The summed E-state index contributed by atoms with van der Waals surface area (Å²) in [7, 11) is 1.79. The summed E-state index contributed by atoms with van der Waals surface area (Å²) in [5.41, 5.74) is 0.345. The summed E-state index contributed by atoms with van der Waals surface area (Å²) in [5.74, 6) is 0.563. The van der Waals surface area contributed by atoms with Gasteiger partial charge < -0.3 is 10.6 Å². The normalized spacial score (nSPS) is 12.1. The van der Waals surface area contributed by atoms with Gasteiger partial charge in [0.25, 0.3) is 5.91 Å². The first-order valence-corrected chi connectivity index (χ1v) is 6.60. The van der Waals surface area contributed by atoms with E-state index < -0.39 is 0 Å². The second-order valence-electron chi connectivity index (χ2n) is 6.73. The molecule has 1 rings (SSSR count). The fraction of sp³-hybridized carbons (Fsp3) is 0.600. The number of aromatic nitrogens is 1. The van der Waals surface area contributed by atoms with Crippen LogP contribution in [-0.4, -0.2) is 23.5 Å². The van der Waals surface area contributed by atoms with Crippen LogP contribution >= 0.6 is 0 Å². The summed E-state index contributed by atoms with van der Waals surface area (Å²) >= 11 is 0. The van der Waals surface area contributed by atoms with Gasteiger partial charge in [-0.25, -0.2) is 4.98 Å². The number of pyridine rings is 1. The summed E-state index contributed by atoms with van der Waals surface area (Å²) in [6.45, 7) is 10.6. The maximum atomic E-state index is 12.2. The summed E-state index contributed by atoms with van der Waals surface area (Å²) < 4.78 is 0. The van der Waals surface area contributed by atoms with E-state index >= 15 is 0 Å². The van der Waals surface area contributed by atoms with Crippen molar-refractivity contribution in [2.24, 2.45) is 5.41 Å². The summed E-state index contributed by atoms with van der Waals surface area (Å²) in [6, 6.07) is 5.38. The predicted octanol–water partition coefficient (Wildman–Crippen LogP) is 3.07. The second-order valence-corrected chi connectivity index (χ2v) is 6.73. The molecule has 1 heterocycles. The van der Waals surface area contributed by atoms with E-state index in [1.807, 2.05) is 26.0 Å². The van der Waals surface area contributed by atoms with Gasteiger partial charge in [0, 0.05) is 12.6 Å². The molecule has 0 saturated carbocycles. The second kappa shape index (κ2) is 5.59. The predicted molar refractivity (Wildman–Crippen MR) is 79.4 cm³/mol. The van der Waals surface area contributed by atoms with Crippen LogP contribution in [0.1, 0.15) is 51.5 Å². The molecule has 0 atom stereocenters. The largest absolute Gasteiger partial charge is 0.373 e. The fourth-order valence-corrected chi connectivity index (χ4v) is 2.44. The van der Waals surface area contributed by atoms with Crippen LogP contribution in [0.15, 0.2) is 18.2 Å². The lowest BCUT2D eigenvalue weighted by molar-refractivity contribution is 0.0886. The zero-order valence-electron chi connectivity index (χ0n) is 12.8. The van der Waals surface area contributed by atoms with Crippen LogP contribution in [0.3, 0.4) is 0 Å². The monoisotopic (exact) mass is 263 g/mol. The summed E-state index contributed by atoms with van der Waals surface area (Å²) in [6.07, 6.45) is 0.900. The Bertz CT molecular complexity index is 447. The highest BCUT2D eigenvalue weighted by atomic mass is 16.2. The molecule has 19 heavy (non-hydrogen) atoms. The van der Waals surface area contributed by atoms with Gasteiger partial charge in [-0.2, -0.15) is 0 Å². The Morgan fingerprint density at radius 1 is 1.21 bits per heavy atom. The number of carbonyl (C=O) groups excluding carboxylic acids is 1. The van der Waals surface area contributed by atoms with Crippen molar-refractivity contribution in [2.75, 3.05) is 12.4 Å². The van der Waals surface area contributed by atoms with Crippen molar-refractivity contribution in [3.05, 3.63) is 23.9 Å². The van der Waals surface area contributed by atoms with E-state index in [1.165, 1.54) is 0 Å². The number of amides is 1. The van der Waals surface area contributed by atoms with Crippen molar-refractivity contribution in [1.29, 1.82) is 0 Å². The maximum Gasteiger partial charge on any atom is 0.270 e. The first-order valence-electron chi connectivity index (χ1n) is 6.60. The highest BCUT2D eigenvalue weighted by Crippen LogP contribution is 2.26. The van der Waals surface area contributed by atoms with E-state index in [1.54, 1.807) is 13.1 Å². The lowest BCUT2D eigenvalue weighted by atomic mass is 9.82. The van der Waals surface area contributed by atoms with Crippen LogP contribution in [-0.2, 0) is 0 Å². The fourth-order valence-electron chi connectivity index (χ4n) is 2.44. The van der Waals surface area contributed by atoms with Gasteiger partial charge in [0.1, 0.15) is 11.5 Å². The van der Waals surface area contributed by atoms with Gasteiger partial charge >= 0.3 is 0 Å². The number of hydrogen-bond acceptors (Lipinski definition) is 3. The highest BCUT2D eigenvalue weighted by Gasteiger charge is 2.27. The lowest BCUT2D eigenvalue weighted by Crippen LogP contribution is -2.46. The Morgan fingerprint density at radius 2 is 1.84 bits per heavy atom. The molecule has 1 amide bonds. The molecular formula is C15H25N3O. The summed E-state index contributed by atoms with van der Waals surface area (Å²) in [4.78, 5) is 16.5. The summed E-state index contributed by atoms with van der Waals surface area (Å²) in [5, 5.41) is 5.98. The van der Waals surface area contributed by atoms with E-state index in [0.717, 1.165) is 6.42 Å². The molecule has 2 N–H and O–H groups in total. The van der Waals surface area contributed by atoms with Gasteiger partial charge in [-0.15, -0.1) is 0 Å². The van der Waals surface area contributed by atoms with E-state index in [4.69, 9.17) is 0 Å². The molecule has 0 bridgehead atoms. The van der Waals surface area contributed by atoms with E-state index in [2.05, 4.69) is 36.4 Å². The Hall–Kier alpha value is -1.58. The highest BCUT2D eigenvalue weighted by molar-refractivity contribution is 5.93. The Balaban J connectivity index is 2.78. The number of nitrogens with zero attached hydrogens (tertiary/aromatic N) is 1. The SMILES string of the molecule is CNc1cccc(C(=O)NC(C)(C)CC(C)(C)C)n1. The molecule has 106 valence electrons. The molecule has 0 aliphatic heterocycles.